The molecule has 0 bridgehead atoms. The number of benzene rings is 1. The fraction of sp³-hybridized carbons (Fsp3) is 0. The van der Waals surface area contributed by atoms with Gasteiger partial charge in [-0.15, -0.1) is 0 Å². The second-order valence-corrected chi connectivity index (χ2v) is 4.12. The molecule has 0 aliphatic carbocycles. The van der Waals surface area contributed by atoms with E-state index in [1.165, 1.54) is 0 Å². The molecular weight excluding hydrogens is 312 g/mol. The zero-order valence-corrected chi connectivity index (χ0v) is 9.53. The van der Waals surface area contributed by atoms with Crippen LogP contribution in [0.25, 0.3) is 0 Å². The molecular formula is C7H4ClFINS. The van der Waals surface area contributed by atoms with Crippen molar-refractivity contribution in [3.05, 3.63) is 27.8 Å². The molecule has 0 aliphatic rings. The maximum absolute atomic E-state index is 13.1. The van der Waals surface area contributed by atoms with Crippen molar-refractivity contribution in [2.45, 2.75) is 0 Å². The zero-order chi connectivity index (χ0) is 9.14. The van der Waals surface area contributed by atoms with Crippen molar-refractivity contribution < 1.29 is 4.48 Å². The quantitative estimate of drug-likeness (QED) is 0.256. The topological polar surface area (TPSA) is 3.24 Å². The van der Waals surface area contributed by atoms with Crippen molar-refractivity contribution in [3.8, 4) is 0 Å². The first-order valence-electron chi connectivity index (χ1n) is 3.03. The van der Waals surface area contributed by atoms with Gasteiger partial charge in [-0.2, -0.15) is 5.12 Å². The van der Waals surface area contributed by atoms with E-state index in [0.717, 1.165) is 3.57 Å². The number of hydrogen-bond acceptors (Lipinski definition) is 1. The van der Waals surface area contributed by atoms with Crippen molar-refractivity contribution in [1.82, 2.24) is 0 Å². The summed E-state index contributed by atoms with van der Waals surface area (Å²) in [7, 11) is 0. The molecule has 0 heterocycles. The number of anilines is 1. The number of para-hydroxylation sites is 1. The summed E-state index contributed by atoms with van der Waals surface area (Å²) < 4.78 is 13.5. The van der Waals surface area contributed by atoms with Gasteiger partial charge in [0.15, 0.2) is 0 Å². The van der Waals surface area contributed by atoms with Crippen molar-refractivity contribution >= 4 is 56.5 Å². The summed E-state index contributed by atoms with van der Waals surface area (Å²) in [5.74, 6) is 0. The van der Waals surface area contributed by atoms with Gasteiger partial charge in [0.2, 0.25) is 4.45 Å². The molecule has 0 aliphatic heterocycles. The molecule has 1 aromatic carbocycles. The molecule has 0 saturated heterocycles. The van der Waals surface area contributed by atoms with E-state index in [-0.39, 0.29) is 9.57 Å². The lowest BCUT2D eigenvalue weighted by molar-refractivity contribution is 0.527. The second-order valence-electron chi connectivity index (χ2n) is 1.99. The fourth-order valence-corrected chi connectivity index (χ4v) is 1.49. The summed E-state index contributed by atoms with van der Waals surface area (Å²) in [6.07, 6.45) is 0. The van der Waals surface area contributed by atoms with Crippen LogP contribution in [0.3, 0.4) is 0 Å². The molecule has 0 fully saturated rings. The number of thiocarbonyl (C=S) groups is 1. The Bertz CT molecular complexity index is 307. The Morgan fingerprint density at radius 1 is 1.50 bits per heavy atom. The molecule has 64 valence electrons. The predicted molar refractivity (Wildman–Crippen MR) is 61.2 cm³/mol. The highest BCUT2D eigenvalue weighted by Crippen LogP contribution is 2.23. The number of halogens is 3. The van der Waals surface area contributed by atoms with Gasteiger partial charge in [-0.25, -0.2) is 0 Å². The average molecular weight is 316 g/mol. The Morgan fingerprint density at radius 3 is 2.58 bits per heavy atom. The van der Waals surface area contributed by atoms with Gasteiger partial charge in [-0.05, 0) is 58.5 Å². The Morgan fingerprint density at radius 2 is 2.08 bits per heavy atom. The van der Waals surface area contributed by atoms with Crippen LogP contribution < -0.4 is 5.12 Å². The monoisotopic (exact) mass is 315 g/mol. The summed E-state index contributed by atoms with van der Waals surface area (Å²) in [5.41, 5.74) is 0.373. The summed E-state index contributed by atoms with van der Waals surface area (Å²) in [6.45, 7) is 0. The minimum absolute atomic E-state index is 0.276. The summed E-state index contributed by atoms with van der Waals surface area (Å²) >= 11 is 11.8. The highest BCUT2D eigenvalue weighted by Gasteiger charge is 2.10. The van der Waals surface area contributed by atoms with Crippen molar-refractivity contribution in [1.29, 1.82) is 0 Å². The Kier molecular flexibility index (Phi) is 3.67. The first kappa shape index (κ1) is 10.1. The standard InChI is InChI=1S/C7H4ClFINS/c8-7(12)11(9)6-4-2-1-3-5(6)10/h1-4H. The molecule has 1 aromatic rings. The van der Waals surface area contributed by atoms with Gasteiger partial charge >= 0.3 is 0 Å². The van der Waals surface area contributed by atoms with Crippen LogP contribution in [0.15, 0.2) is 24.3 Å². The molecule has 0 radical (unpaired) electrons. The maximum Gasteiger partial charge on any atom is 0.204 e. The van der Waals surface area contributed by atoms with Gasteiger partial charge in [0.05, 0.1) is 5.69 Å². The molecule has 1 nitrogen and oxygen atoms in total. The third-order valence-electron chi connectivity index (χ3n) is 1.22. The number of rotatable bonds is 1. The number of nitrogens with zero attached hydrogens (tertiary/aromatic N) is 1. The molecule has 0 N–H and O–H groups in total. The average Bonchev–Trinajstić information content (AvgIpc) is 2.04. The van der Waals surface area contributed by atoms with E-state index in [2.05, 4.69) is 12.2 Å². The van der Waals surface area contributed by atoms with Crippen LogP contribution in [0.4, 0.5) is 10.2 Å². The Hall–Kier alpha value is 0.0600. The first-order chi connectivity index (χ1) is 5.63. The van der Waals surface area contributed by atoms with Crippen LogP contribution in [0, 0.1) is 3.57 Å². The minimum Gasteiger partial charge on any atom is -0.156 e. The molecule has 1 rings (SSSR count). The van der Waals surface area contributed by atoms with Gasteiger partial charge in [0.1, 0.15) is 0 Å². The van der Waals surface area contributed by atoms with E-state index in [0.29, 0.717) is 5.69 Å². The van der Waals surface area contributed by atoms with E-state index in [9.17, 15) is 4.48 Å². The lowest BCUT2D eigenvalue weighted by Gasteiger charge is -2.10. The SMILES string of the molecule is FN(C(=S)Cl)c1ccccc1I. The van der Waals surface area contributed by atoms with Gasteiger partial charge in [-0.3, -0.25) is 0 Å². The van der Waals surface area contributed by atoms with Gasteiger partial charge < -0.3 is 0 Å². The van der Waals surface area contributed by atoms with E-state index >= 15 is 0 Å². The van der Waals surface area contributed by atoms with Crippen LogP contribution in [0.2, 0.25) is 0 Å². The van der Waals surface area contributed by atoms with E-state index in [1.807, 2.05) is 28.7 Å². The van der Waals surface area contributed by atoms with Crippen LogP contribution in [-0.2, 0) is 0 Å². The third-order valence-corrected chi connectivity index (χ3v) is 2.44. The third kappa shape index (κ3) is 2.27. The molecule has 5 heteroatoms. The van der Waals surface area contributed by atoms with Crippen LogP contribution >= 0.6 is 46.4 Å². The lowest BCUT2D eigenvalue weighted by Crippen LogP contribution is -2.14. The molecule has 12 heavy (non-hydrogen) atoms. The van der Waals surface area contributed by atoms with Gasteiger partial charge in [0.25, 0.3) is 0 Å². The van der Waals surface area contributed by atoms with Crippen molar-refractivity contribution in [2.75, 3.05) is 5.12 Å². The normalized spacial score (nSPS) is 9.58. The largest absolute Gasteiger partial charge is 0.204 e. The highest BCUT2D eigenvalue weighted by molar-refractivity contribution is 14.1. The number of hydrogen-bond donors (Lipinski definition) is 0. The Balaban J connectivity index is 3.02. The van der Waals surface area contributed by atoms with Gasteiger partial charge in [0, 0.05) is 3.57 Å². The maximum atomic E-state index is 13.1. The van der Waals surface area contributed by atoms with Crippen LogP contribution in [-0.4, -0.2) is 4.45 Å². The van der Waals surface area contributed by atoms with E-state index in [1.54, 1.807) is 18.2 Å². The molecule has 0 aromatic heterocycles. The van der Waals surface area contributed by atoms with E-state index < -0.39 is 0 Å². The zero-order valence-electron chi connectivity index (χ0n) is 5.80. The molecule has 0 spiro atoms. The van der Waals surface area contributed by atoms with Crippen molar-refractivity contribution in [2.24, 2.45) is 0 Å². The predicted octanol–water partition coefficient (Wildman–Crippen LogP) is 3.51. The molecule has 0 amide bonds. The van der Waals surface area contributed by atoms with E-state index in [4.69, 9.17) is 11.6 Å². The lowest BCUT2D eigenvalue weighted by atomic mass is 10.3. The molecule has 0 atom stereocenters. The summed E-state index contributed by atoms with van der Waals surface area (Å²) in [5, 5.41) is 0.276. The highest BCUT2D eigenvalue weighted by atomic mass is 127. The Labute approximate surface area is 93.6 Å². The van der Waals surface area contributed by atoms with Gasteiger partial charge in [-0.1, -0.05) is 16.6 Å². The summed E-state index contributed by atoms with van der Waals surface area (Å²) in [6, 6.07) is 6.92. The smallest absolute Gasteiger partial charge is 0.156 e. The van der Waals surface area contributed by atoms with Crippen LogP contribution in [0.1, 0.15) is 0 Å². The van der Waals surface area contributed by atoms with Crippen LogP contribution in [0.5, 0.6) is 0 Å². The first-order valence-corrected chi connectivity index (χ1v) is 4.89. The molecule has 0 unspecified atom stereocenters. The molecule has 0 saturated carbocycles. The minimum atomic E-state index is -0.306. The fourth-order valence-electron chi connectivity index (χ4n) is 0.706. The summed E-state index contributed by atoms with van der Waals surface area (Å²) in [4.78, 5) is 0. The second kappa shape index (κ2) is 4.34. The van der Waals surface area contributed by atoms with Crippen molar-refractivity contribution in [3.63, 3.8) is 0 Å².